The SMILES string of the molecule is CCNC(=O)CN(CC)C(=O)CCNC. The molecule has 0 aliphatic carbocycles. The van der Waals surface area contributed by atoms with Crippen LogP contribution in [0.25, 0.3) is 0 Å². The maximum absolute atomic E-state index is 11.6. The highest BCUT2D eigenvalue weighted by molar-refractivity contribution is 5.84. The lowest BCUT2D eigenvalue weighted by Crippen LogP contribution is -2.41. The molecule has 0 fully saturated rings. The molecule has 0 aromatic carbocycles. The van der Waals surface area contributed by atoms with Crippen molar-refractivity contribution < 1.29 is 9.59 Å². The van der Waals surface area contributed by atoms with Gasteiger partial charge in [0.15, 0.2) is 0 Å². The van der Waals surface area contributed by atoms with E-state index in [1.807, 2.05) is 13.8 Å². The molecule has 0 aliphatic rings. The summed E-state index contributed by atoms with van der Waals surface area (Å²) in [4.78, 5) is 24.4. The third-order valence-electron chi connectivity index (χ3n) is 2.03. The van der Waals surface area contributed by atoms with E-state index in [1.165, 1.54) is 0 Å². The van der Waals surface area contributed by atoms with Crippen LogP contribution >= 0.6 is 0 Å². The van der Waals surface area contributed by atoms with Crippen molar-refractivity contribution in [3.8, 4) is 0 Å². The fourth-order valence-electron chi connectivity index (χ4n) is 1.19. The van der Waals surface area contributed by atoms with Crippen molar-refractivity contribution >= 4 is 11.8 Å². The van der Waals surface area contributed by atoms with Crippen molar-refractivity contribution in [1.82, 2.24) is 15.5 Å². The molecule has 0 saturated carbocycles. The highest BCUT2D eigenvalue weighted by atomic mass is 16.2. The first kappa shape index (κ1) is 13.9. The van der Waals surface area contributed by atoms with Gasteiger partial charge in [0.1, 0.15) is 0 Å². The Kier molecular flexibility index (Phi) is 7.62. The van der Waals surface area contributed by atoms with Crippen LogP contribution in [0.15, 0.2) is 0 Å². The molecular formula is C10H21N3O2. The number of carbonyl (C=O) groups excluding carboxylic acids is 2. The van der Waals surface area contributed by atoms with E-state index in [9.17, 15) is 9.59 Å². The highest BCUT2D eigenvalue weighted by Crippen LogP contribution is 1.93. The summed E-state index contributed by atoms with van der Waals surface area (Å²) >= 11 is 0. The molecule has 15 heavy (non-hydrogen) atoms. The van der Waals surface area contributed by atoms with Gasteiger partial charge in [-0.2, -0.15) is 0 Å². The standard InChI is InChI=1S/C10H21N3O2/c1-4-12-9(14)8-13(5-2)10(15)6-7-11-3/h11H,4-8H2,1-3H3,(H,12,14). The number of carbonyl (C=O) groups is 2. The third kappa shape index (κ3) is 6.06. The van der Waals surface area contributed by atoms with Crippen LogP contribution in [0.4, 0.5) is 0 Å². The van der Waals surface area contributed by atoms with Crippen LogP contribution in [-0.2, 0) is 9.59 Å². The summed E-state index contributed by atoms with van der Waals surface area (Å²) in [7, 11) is 1.80. The average Bonchev–Trinajstić information content (AvgIpc) is 2.22. The zero-order valence-electron chi connectivity index (χ0n) is 9.80. The Morgan fingerprint density at radius 2 is 1.93 bits per heavy atom. The first-order valence-corrected chi connectivity index (χ1v) is 5.34. The Morgan fingerprint density at radius 1 is 1.27 bits per heavy atom. The number of hydrogen-bond donors (Lipinski definition) is 2. The Bertz CT molecular complexity index is 207. The highest BCUT2D eigenvalue weighted by Gasteiger charge is 2.13. The fraction of sp³-hybridized carbons (Fsp3) is 0.800. The molecule has 0 atom stereocenters. The average molecular weight is 215 g/mol. The van der Waals surface area contributed by atoms with Gasteiger partial charge in [0.05, 0.1) is 6.54 Å². The maximum atomic E-state index is 11.6. The summed E-state index contributed by atoms with van der Waals surface area (Å²) in [5.41, 5.74) is 0. The molecule has 2 N–H and O–H groups in total. The molecule has 0 heterocycles. The van der Waals surface area contributed by atoms with Crippen molar-refractivity contribution in [2.45, 2.75) is 20.3 Å². The molecule has 0 radical (unpaired) electrons. The van der Waals surface area contributed by atoms with Crippen molar-refractivity contribution in [2.24, 2.45) is 0 Å². The van der Waals surface area contributed by atoms with E-state index >= 15 is 0 Å². The lowest BCUT2D eigenvalue weighted by molar-refractivity contribution is -0.135. The normalized spacial score (nSPS) is 9.80. The first-order chi connectivity index (χ1) is 7.15. The van der Waals surface area contributed by atoms with Crippen LogP contribution in [0.3, 0.4) is 0 Å². The predicted octanol–water partition coefficient (Wildman–Crippen LogP) is -0.419. The maximum Gasteiger partial charge on any atom is 0.239 e. The molecule has 0 bridgehead atoms. The molecule has 2 amide bonds. The molecule has 0 aliphatic heterocycles. The van der Waals surface area contributed by atoms with E-state index in [-0.39, 0.29) is 18.4 Å². The van der Waals surface area contributed by atoms with Crippen LogP contribution < -0.4 is 10.6 Å². The lowest BCUT2D eigenvalue weighted by atomic mass is 10.3. The van der Waals surface area contributed by atoms with E-state index in [0.29, 0.717) is 26.1 Å². The topological polar surface area (TPSA) is 61.4 Å². The van der Waals surface area contributed by atoms with Crippen LogP contribution in [0.1, 0.15) is 20.3 Å². The largest absolute Gasteiger partial charge is 0.355 e. The summed E-state index contributed by atoms with van der Waals surface area (Å²) in [6.45, 7) is 5.70. The van der Waals surface area contributed by atoms with Crippen LogP contribution in [0.5, 0.6) is 0 Å². The summed E-state index contributed by atoms with van der Waals surface area (Å²) in [5, 5.41) is 5.58. The molecule has 0 spiro atoms. The van der Waals surface area contributed by atoms with Crippen LogP contribution in [-0.4, -0.2) is 49.9 Å². The first-order valence-electron chi connectivity index (χ1n) is 5.34. The molecule has 0 aromatic heterocycles. The smallest absolute Gasteiger partial charge is 0.239 e. The van der Waals surface area contributed by atoms with Crippen molar-refractivity contribution in [1.29, 1.82) is 0 Å². The predicted molar refractivity (Wildman–Crippen MR) is 59.5 cm³/mol. The summed E-state index contributed by atoms with van der Waals surface area (Å²) < 4.78 is 0. The van der Waals surface area contributed by atoms with Gasteiger partial charge in [0.2, 0.25) is 11.8 Å². The van der Waals surface area contributed by atoms with Gasteiger partial charge < -0.3 is 15.5 Å². The Balaban J connectivity index is 4.00. The molecule has 5 nitrogen and oxygen atoms in total. The molecule has 0 unspecified atom stereocenters. The third-order valence-corrected chi connectivity index (χ3v) is 2.03. The number of nitrogens with zero attached hydrogens (tertiary/aromatic N) is 1. The second-order valence-electron chi connectivity index (χ2n) is 3.21. The van der Waals surface area contributed by atoms with Crippen molar-refractivity contribution in [3.05, 3.63) is 0 Å². The molecular weight excluding hydrogens is 194 g/mol. The Labute approximate surface area is 91.2 Å². The quantitative estimate of drug-likeness (QED) is 0.606. The van der Waals surface area contributed by atoms with Crippen LogP contribution in [0, 0.1) is 0 Å². The second-order valence-corrected chi connectivity index (χ2v) is 3.21. The second kappa shape index (κ2) is 8.23. The molecule has 88 valence electrons. The monoisotopic (exact) mass is 215 g/mol. The van der Waals surface area contributed by atoms with Gasteiger partial charge in [-0.05, 0) is 20.9 Å². The van der Waals surface area contributed by atoms with Crippen molar-refractivity contribution in [2.75, 3.05) is 33.2 Å². The van der Waals surface area contributed by atoms with Gasteiger partial charge >= 0.3 is 0 Å². The number of rotatable bonds is 7. The van der Waals surface area contributed by atoms with E-state index < -0.39 is 0 Å². The van der Waals surface area contributed by atoms with Gasteiger partial charge in [-0.25, -0.2) is 0 Å². The Morgan fingerprint density at radius 3 is 2.40 bits per heavy atom. The molecule has 0 saturated heterocycles. The van der Waals surface area contributed by atoms with Gasteiger partial charge in [0.25, 0.3) is 0 Å². The molecule has 0 rings (SSSR count). The van der Waals surface area contributed by atoms with E-state index in [0.717, 1.165) is 0 Å². The molecule has 5 heteroatoms. The zero-order valence-corrected chi connectivity index (χ0v) is 9.80. The summed E-state index contributed by atoms with van der Waals surface area (Å²) in [5.74, 6) is -0.0877. The lowest BCUT2D eigenvalue weighted by Gasteiger charge is -2.20. The van der Waals surface area contributed by atoms with Crippen molar-refractivity contribution in [3.63, 3.8) is 0 Å². The summed E-state index contributed by atoms with van der Waals surface area (Å²) in [6, 6.07) is 0. The van der Waals surface area contributed by atoms with E-state index in [2.05, 4.69) is 10.6 Å². The van der Waals surface area contributed by atoms with Gasteiger partial charge in [-0.1, -0.05) is 0 Å². The van der Waals surface area contributed by atoms with Gasteiger partial charge in [-0.15, -0.1) is 0 Å². The van der Waals surface area contributed by atoms with Gasteiger partial charge in [-0.3, -0.25) is 9.59 Å². The number of likely N-dealkylation sites (N-methyl/N-ethyl adjacent to an activating group) is 2. The van der Waals surface area contributed by atoms with Gasteiger partial charge in [0, 0.05) is 26.1 Å². The number of hydrogen-bond acceptors (Lipinski definition) is 3. The molecule has 0 aromatic rings. The summed E-state index contributed by atoms with van der Waals surface area (Å²) in [6.07, 6.45) is 0.434. The van der Waals surface area contributed by atoms with Crippen LogP contribution in [0.2, 0.25) is 0 Å². The van der Waals surface area contributed by atoms with E-state index in [1.54, 1.807) is 11.9 Å². The van der Waals surface area contributed by atoms with E-state index in [4.69, 9.17) is 0 Å². The Hall–Kier alpha value is -1.10. The zero-order chi connectivity index (χ0) is 11.7. The minimum atomic E-state index is -0.0999. The minimum absolute atomic E-state index is 0.0121. The number of amides is 2. The fourth-order valence-corrected chi connectivity index (χ4v) is 1.19. The number of nitrogens with one attached hydrogen (secondary N) is 2. The minimum Gasteiger partial charge on any atom is -0.355 e.